The predicted octanol–water partition coefficient (Wildman–Crippen LogP) is 1.39. The molecule has 1 amide bonds. The molecular weight excluding hydrogens is 401 g/mol. The summed E-state index contributed by atoms with van der Waals surface area (Å²) in [5.41, 5.74) is 1.48. The van der Waals surface area contributed by atoms with Gasteiger partial charge < -0.3 is 15.1 Å². The number of carbonyl (C=O) groups excluding carboxylic acids is 1. The molecule has 1 aromatic heterocycles. The van der Waals surface area contributed by atoms with E-state index in [9.17, 15) is 9.59 Å². The Balaban J connectivity index is 0.00000140. The Morgan fingerprint density at radius 2 is 1.79 bits per heavy atom. The maximum absolute atomic E-state index is 13.3. The van der Waals surface area contributed by atoms with E-state index in [0.717, 1.165) is 43.6 Å². The van der Waals surface area contributed by atoms with Crippen LogP contribution in [0.3, 0.4) is 0 Å². The van der Waals surface area contributed by atoms with Crippen molar-refractivity contribution in [1.29, 1.82) is 0 Å². The Bertz CT molecular complexity index is 791. The van der Waals surface area contributed by atoms with Crippen molar-refractivity contribution in [2.75, 3.05) is 45.2 Å². The van der Waals surface area contributed by atoms with Crippen LogP contribution in [0.2, 0.25) is 0 Å². The monoisotopic (exact) mass is 431 g/mol. The molecular formula is C19H31Cl2N5O2. The normalized spacial score (nSPS) is 25.0. The maximum Gasteiger partial charge on any atom is 0.255 e. The summed E-state index contributed by atoms with van der Waals surface area (Å²) in [6.07, 6.45) is 4.43. The third-order valence-electron chi connectivity index (χ3n) is 6.82. The maximum atomic E-state index is 13.3. The SMILES string of the molecule is CN(C)c1nc2c(c(=O)[nH]1)CCN(C(=O)C1(C)CC13CCNCC3)CC2.Cl.Cl. The van der Waals surface area contributed by atoms with Gasteiger partial charge >= 0.3 is 0 Å². The van der Waals surface area contributed by atoms with Gasteiger partial charge in [0.25, 0.3) is 5.56 Å². The lowest BCUT2D eigenvalue weighted by Crippen LogP contribution is -2.42. The molecule has 2 N–H and O–H groups in total. The molecule has 1 aromatic rings. The van der Waals surface area contributed by atoms with Crippen molar-refractivity contribution in [3.8, 4) is 0 Å². The molecule has 158 valence electrons. The molecule has 1 saturated carbocycles. The molecule has 2 aliphatic heterocycles. The predicted molar refractivity (Wildman–Crippen MR) is 115 cm³/mol. The Labute approximate surface area is 178 Å². The molecule has 28 heavy (non-hydrogen) atoms. The quantitative estimate of drug-likeness (QED) is 0.738. The zero-order valence-electron chi connectivity index (χ0n) is 16.8. The van der Waals surface area contributed by atoms with Crippen LogP contribution >= 0.6 is 24.8 Å². The van der Waals surface area contributed by atoms with E-state index in [1.807, 2.05) is 23.9 Å². The van der Waals surface area contributed by atoms with Crippen LogP contribution in [0.1, 0.15) is 37.4 Å². The third kappa shape index (κ3) is 3.64. The van der Waals surface area contributed by atoms with Crippen LogP contribution in [0.5, 0.6) is 0 Å². The number of carbonyl (C=O) groups is 1. The van der Waals surface area contributed by atoms with Crippen molar-refractivity contribution in [2.24, 2.45) is 10.8 Å². The van der Waals surface area contributed by atoms with Crippen LogP contribution < -0.4 is 15.8 Å². The lowest BCUT2D eigenvalue weighted by atomic mass is 9.85. The summed E-state index contributed by atoms with van der Waals surface area (Å²) in [4.78, 5) is 37.0. The first kappa shape index (κ1) is 23.0. The highest BCUT2D eigenvalue weighted by Gasteiger charge is 2.68. The van der Waals surface area contributed by atoms with Crippen LogP contribution in [-0.2, 0) is 17.6 Å². The van der Waals surface area contributed by atoms with Gasteiger partial charge in [0.05, 0.1) is 11.1 Å². The second kappa shape index (κ2) is 8.20. The standard InChI is InChI=1S/C19H29N5O2.2ClH/c1-18(12-19(18)6-8-20-9-7-19)16(26)24-10-4-13-14(5-11-24)21-17(23(2)3)22-15(13)25;;/h20H,4-12H2,1-3H3,(H,21,22,25);2*1H. The van der Waals surface area contributed by atoms with Crippen molar-refractivity contribution in [3.63, 3.8) is 0 Å². The number of halogens is 2. The van der Waals surface area contributed by atoms with Crippen molar-refractivity contribution in [1.82, 2.24) is 20.2 Å². The molecule has 4 rings (SSSR count). The van der Waals surface area contributed by atoms with E-state index in [-0.39, 0.29) is 47.1 Å². The van der Waals surface area contributed by atoms with Crippen LogP contribution in [0.15, 0.2) is 4.79 Å². The number of amides is 1. The molecule has 2 fully saturated rings. The Hall–Kier alpha value is -1.31. The van der Waals surface area contributed by atoms with Crippen molar-refractivity contribution in [2.45, 2.75) is 39.0 Å². The number of hydrogen-bond acceptors (Lipinski definition) is 5. The Kier molecular flexibility index (Phi) is 6.73. The number of H-pyrrole nitrogens is 1. The topological polar surface area (TPSA) is 81.3 Å². The lowest BCUT2D eigenvalue weighted by Gasteiger charge is -2.31. The van der Waals surface area contributed by atoms with Crippen LogP contribution in [0.4, 0.5) is 5.95 Å². The van der Waals surface area contributed by atoms with E-state index < -0.39 is 0 Å². The van der Waals surface area contributed by atoms with E-state index in [0.29, 0.717) is 31.9 Å². The molecule has 0 radical (unpaired) electrons. The number of fused-ring (bicyclic) bond motifs is 1. The highest BCUT2D eigenvalue weighted by Crippen LogP contribution is 2.69. The summed E-state index contributed by atoms with van der Waals surface area (Å²) in [5.74, 6) is 0.854. The Morgan fingerprint density at radius 3 is 2.43 bits per heavy atom. The van der Waals surface area contributed by atoms with Gasteiger partial charge in [-0.1, -0.05) is 6.92 Å². The summed E-state index contributed by atoms with van der Waals surface area (Å²) in [7, 11) is 3.73. The van der Waals surface area contributed by atoms with E-state index in [4.69, 9.17) is 0 Å². The molecule has 3 aliphatic rings. The second-order valence-electron chi connectivity index (χ2n) is 8.54. The van der Waals surface area contributed by atoms with Gasteiger partial charge in [-0.2, -0.15) is 0 Å². The largest absolute Gasteiger partial charge is 0.348 e. The second-order valence-corrected chi connectivity index (χ2v) is 8.54. The number of rotatable bonds is 2. The van der Waals surface area contributed by atoms with Crippen molar-refractivity contribution >= 4 is 36.7 Å². The van der Waals surface area contributed by atoms with E-state index in [2.05, 4.69) is 22.2 Å². The van der Waals surface area contributed by atoms with Gasteiger partial charge in [0.15, 0.2) is 0 Å². The fraction of sp³-hybridized carbons (Fsp3) is 0.737. The first-order valence-corrected chi connectivity index (χ1v) is 9.66. The van der Waals surface area contributed by atoms with Gasteiger partial charge in [-0.3, -0.25) is 14.6 Å². The summed E-state index contributed by atoms with van der Waals surface area (Å²) in [6, 6.07) is 0. The minimum absolute atomic E-state index is 0. The first-order valence-electron chi connectivity index (χ1n) is 9.66. The summed E-state index contributed by atoms with van der Waals surface area (Å²) < 4.78 is 0. The van der Waals surface area contributed by atoms with Crippen LogP contribution in [-0.4, -0.2) is 61.0 Å². The lowest BCUT2D eigenvalue weighted by molar-refractivity contribution is -0.138. The number of aromatic nitrogens is 2. The molecule has 1 saturated heterocycles. The molecule has 9 heteroatoms. The number of aromatic amines is 1. The first-order chi connectivity index (χ1) is 12.4. The zero-order chi connectivity index (χ0) is 18.5. The van der Waals surface area contributed by atoms with Gasteiger partial charge in [0, 0.05) is 39.2 Å². The average molecular weight is 432 g/mol. The molecule has 1 atom stereocenters. The number of anilines is 1. The zero-order valence-corrected chi connectivity index (χ0v) is 18.5. The summed E-state index contributed by atoms with van der Waals surface area (Å²) in [5, 5.41) is 3.40. The van der Waals surface area contributed by atoms with Crippen molar-refractivity contribution in [3.05, 3.63) is 21.6 Å². The fourth-order valence-electron chi connectivity index (χ4n) is 4.93. The van der Waals surface area contributed by atoms with Gasteiger partial charge in [-0.25, -0.2) is 4.98 Å². The Morgan fingerprint density at radius 1 is 1.14 bits per heavy atom. The number of nitrogens with one attached hydrogen (secondary N) is 2. The molecule has 1 aliphatic carbocycles. The minimum atomic E-state index is -0.222. The van der Waals surface area contributed by atoms with Crippen molar-refractivity contribution < 1.29 is 4.79 Å². The van der Waals surface area contributed by atoms with Gasteiger partial charge in [-0.05, 0) is 44.2 Å². The van der Waals surface area contributed by atoms with E-state index in [1.54, 1.807) is 0 Å². The minimum Gasteiger partial charge on any atom is -0.348 e. The number of nitrogens with zero attached hydrogens (tertiary/aromatic N) is 3. The summed E-state index contributed by atoms with van der Waals surface area (Å²) in [6.45, 7) is 5.44. The summed E-state index contributed by atoms with van der Waals surface area (Å²) >= 11 is 0. The smallest absolute Gasteiger partial charge is 0.255 e. The van der Waals surface area contributed by atoms with E-state index >= 15 is 0 Å². The van der Waals surface area contributed by atoms with Gasteiger partial charge in [-0.15, -0.1) is 24.8 Å². The highest BCUT2D eigenvalue weighted by molar-refractivity contribution is 5.87. The average Bonchev–Trinajstić information content (AvgIpc) is 3.26. The van der Waals surface area contributed by atoms with Gasteiger partial charge in [0.1, 0.15) is 0 Å². The molecule has 1 spiro atoms. The molecule has 3 heterocycles. The fourth-order valence-corrected chi connectivity index (χ4v) is 4.93. The number of piperidine rings is 1. The number of hydrogen-bond donors (Lipinski definition) is 2. The van der Waals surface area contributed by atoms with Crippen LogP contribution in [0.25, 0.3) is 0 Å². The molecule has 0 bridgehead atoms. The highest BCUT2D eigenvalue weighted by atomic mass is 35.5. The van der Waals surface area contributed by atoms with E-state index in [1.165, 1.54) is 0 Å². The van der Waals surface area contributed by atoms with Gasteiger partial charge in [0.2, 0.25) is 11.9 Å². The third-order valence-corrected chi connectivity index (χ3v) is 6.82. The molecule has 0 aromatic carbocycles. The molecule has 1 unspecified atom stereocenters. The van der Waals surface area contributed by atoms with Crippen LogP contribution in [0, 0.1) is 10.8 Å². The molecule has 7 nitrogen and oxygen atoms in total.